The van der Waals surface area contributed by atoms with E-state index in [1.54, 1.807) is 42.5 Å². The maximum absolute atomic E-state index is 14.0. The van der Waals surface area contributed by atoms with E-state index in [0.29, 0.717) is 20.7 Å². The van der Waals surface area contributed by atoms with E-state index in [4.69, 9.17) is 0 Å². The summed E-state index contributed by atoms with van der Waals surface area (Å²) in [5.74, 6) is -0.141. The van der Waals surface area contributed by atoms with Crippen LogP contribution in [0.3, 0.4) is 0 Å². The molecule has 1 fully saturated rings. The van der Waals surface area contributed by atoms with Crippen LogP contribution < -0.4 is 4.72 Å². The van der Waals surface area contributed by atoms with Crippen molar-refractivity contribution in [2.45, 2.75) is 34.4 Å². The smallest absolute Gasteiger partial charge is 0.237 e. The SMILES string of the molecule is O=S(c1ccccc1)n1c(C(F)F)cc2c(-c3ccc(S(=O)(=O)NC4CCS(=O)(=O)CC4)s3)ccnc21. The molecule has 5 rings (SSSR count). The highest BCUT2D eigenvalue weighted by Crippen LogP contribution is 2.38. The predicted octanol–water partition coefficient (Wildman–Crippen LogP) is 4.13. The summed E-state index contributed by atoms with van der Waals surface area (Å²) >= 11 is 0.955. The van der Waals surface area contributed by atoms with Gasteiger partial charge in [0.1, 0.15) is 19.7 Å². The quantitative estimate of drug-likeness (QED) is 0.349. The third-order valence-electron chi connectivity index (χ3n) is 6.01. The van der Waals surface area contributed by atoms with Gasteiger partial charge in [0.05, 0.1) is 16.4 Å². The minimum Gasteiger partial charge on any atom is -0.237 e. The van der Waals surface area contributed by atoms with Crippen LogP contribution in [-0.4, -0.2) is 47.5 Å². The second-order valence-corrected chi connectivity index (χ2v) is 15.2. The predicted molar refractivity (Wildman–Crippen MR) is 138 cm³/mol. The van der Waals surface area contributed by atoms with Crippen molar-refractivity contribution in [1.29, 1.82) is 0 Å². The first-order valence-corrected chi connectivity index (χ1v) is 16.4. The van der Waals surface area contributed by atoms with Crippen LogP contribution in [0.25, 0.3) is 21.5 Å². The molecule has 1 atom stereocenters. The fraction of sp³-hybridized carbons (Fsp3) is 0.261. The molecule has 1 unspecified atom stereocenters. The molecule has 1 N–H and O–H groups in total. The Balaban J connectivity index is 1.51. The largest absolute Gasteiger partial charge is 0.279 e. The Morgan fingerprint density at radius 1 is 1.08 bits per heavy atom. The van der Waals surface area contributed by atoms with Crippen molar-refractivity contribution < 1.29 is 29.8 Å². The van der Waals surface area contributed by atoms with E-state index in [1.807, 2.05) is 0 Å². The van der Waals surface area contributed by atoms with E-state index in [-0.39, 0.29) is 34.2 Å². The average Bonchev–Trinajstić information content (AvgIpc) is 3.51. The second-order valence-electron chi connectivity index (χ2n) is 8.49. The van der Waals surface area contributed by atoms with Crippen molar-refractivity contribution in [3.8, 4) is 10.4 Å². The lowest BCUT2D eigenvalue weighted by molar-refractivity contribution is 0.145. The number of aromatic nitrogens is 2. The van der Waals surface area contributed by atoms with Gasteiger partial charge >= 0.3 is 0 Å². The Hall–Kier alpha value is -2.52. The third kappa shape index (κ3) is 5.25. The van der Waals surface area contributed by atoms with E-state index in [1.165, 1.54) is 18.3 Å². The number of hydrogen-bond donors (Lipinski definition) is 1. The van der Waals surface area contributed by atoms with Crippen molar-refractivity contribution in [3.63, 3.8) is 0 Å². The number of thiophene rings is 1. The van der Waals surface area contributed by atoms with Gasteiger partial charge in [-0.05, 0) is 49.2 Å². The Labute approximate surface area is 218 Å². The molecule has 1 saturated heterocycles. The standard InChI is InChI=1S/C23H21F2N3O5S4/c24-22(25)19-14-18-17(8-11-26-23(18)28(19)35(29)16-4-2-1-3-5-16)20-6-7-21(34-20)37(32,33)27-15-9-12-36(30,31)13-10-15/h1-8,11,14-15,22,27H,9-10,12-13H2. The van der Waals surface area contributed by atoms with Crippen molar-refractivity contribution in [2.75, 3.05) is 11.5 Å². The van der Waals surface area contributed by atoms with E-state index < -0.39 is 49.0 Å². The van der Waals surface area contributed by atoms with E-state index in [2.05, 4.69) is 9.71 Å². The number of pyridine rings is 1. The van der Waals surface area contributed by atoms with Gasteiger partial charge in [-0.1, -0.05) is 18.2 Å². The summed E-state index contributed by atoms with van der Waals surface area (Å²) in [6.45, 7) is 0. The highest BCUT2D eigenvalue weighted by Gasteiger charge is 2.29. The second kappa shape index (κ2) is 9.98. The summed E-state index contributed by atoms with van der Waals surface area (Å²) in [5, 5.41) is 0.318. The van der Waals surface area contributed by atoms with Gasteiger partial charge in [0.15, 0.2) is 16.6 Å². The van der Waals surface area contributed by atoms with Crippen LogP contribution >= 0.6 is 11.3 Å². The van der Waals surface area contributed by atoms with E-state index >= 15 is 0 Å². The number of nitrogens with one attached hydrogen (secondary N) is 1. The van der Waals surface area contributed by atoms with Crippen LogP contribution in [-0.2, 0) is 30.8 Å². The normalized spacial score (nSPS) is 17.4. The van der Waals surface area contributed by atoms with Gasteiger partial charge in [0, 0.05) is 28.1 Å². The van der Waals surface area contributed by atoms with Crippen molar-refractivity contribution in [2.24, 2.45) is 0 Å². The summed E-state index contributed by atoms with van der Waals surface area (Å²) < 4.78 is 94.0. The summed E-state index contributed by atoms with van der Waals surface area (Å²) in [6.07, 6.45) is -1.11. The van der Waals surface area contributed by atoms with Crippen molar-refractivity contribution in [1.82, 2.24) is 13.7 Å². The molecular formula is C23H21F2N3O5S4. The Kier molecular flexibility index (Phi) is 7.04. The van der Waals surface area contributed by atoms with Gasteiger partial charge < -0.3 is 0 Å². The molecule has 3 aromatic heterocycles. The maximum atomic E-state index is 14.0. The highest BCUT2D eigenvalue weighted by molar-refractivity contribution is 7.92. The van der Waals surface area contributed by atoms with Gasteiger partial charge in [0.25, 0.3) is 6.43 Å². The van der Waals surface area contributed by atoms with Crippen LogP contribution in [0.2, 0.25) is 0 Å². The first-order chi connectivity index (χ1) is 17.6. The molecule has 4 heterocycles. The van der Waals surface area contributed by atoms with Crippen LogP contribution in [0, 0.1) is 0 Å². The lowest BCUT2D eigenvalue weighted by atomic mass is 10.1. The number of fused-ring (bicyclic) bond motifs is 1. The fourth-order valence-electron chi connectivity index (χ4n) is 4.17. The maximum Gasteiger partial charge on any atom is 0.279 e. The fourth-order valence-corrected chi connectivity index (χ4v) is 9.56. The molecule has 0 radical (unpaired) electrons. The molecule has 1 aromatic carbocycles. The highest BCUT2D eigenvalue weighted by atomic mass is 32.2. The first-order valence-electron chi connectivity index (χ1n) is 11.1. The molecule has 8 nitrogen and oxygen atoms in total. The molecule has 1 aliphatic rings. The minimum atomic E-state index is -3.92. The molecule has 1 aliphatic heterocycles. The Morgan fingerprint density at radius 2 is 1.78 bits per heavy atom. The number of rotatable bonds is 7. The van der Waals surface area contributed by atoms with Crippen molar-refractivity contribution >= 4 is 53.2 Å². The average molecular weight is 586 g/mol. The Bertz CT molecular complexity index is 1690. The summed E-state index contributed by atoms with van der Waals surface area (Å²) in [6, 6.07) is 13.5. The Morgan fingerprint density at radius 3 is 2.46 bits per heavy atom. The zero-order valence-corrected chi connectivity index (χ0v) is 22.3. The van der Waals surface area contributed by atoms with Gasteiger partial charge in [-0.25, -0.2) is 43.5 Å². The lowest BCUT2D eigenvalue weighted by Crippen LogP contribution is -2.40. The van der Waals surface area contributed by atoms with Crippen LogP contribution in [0.1, 0.15) is 25.0 Å². The molecule has 0 aliphatic carbocycles. The number of nitrogens with zero attached hydrogens (tertiary/aromatic N) is 2. The monoisotopic (exact) mass is 585 g/mol. The third-order valence-corrected chi connectivity index (χ3v) is 12.2. The van der Waals surface area contributed by atoms with Gasteiger partial charge in [-0.3, -0.25) is 0 Å². The molecule has 0 spiro atoms. The topological polar surface area (TPSA) is 115 Å². The number of hydrogen-bond acceptors (Lipinski definition) is 7. The van der Waals surface area contributed by atoms with Crippen LogP contribution in [0.15, 0.2) is 69.9 Å². The molecule has 0 amide bonds. The zero-order valence-electron chi connectivity index (χ0n) is 19.1. The number of benzene rings is 1. The van der Waals surface area contributed by atoms with Crippen LogP contribution in [0.5, 0.6) is 0 Å². The number of sulfonamides is 1. The number of alkyl halides is 2. The van der Waals surface area contributed by atoms with E-state index in [9.17, 15) is 29.8 Å². The lowest BCUT2D eigenvalue weighted by Gasteiger charge is -2.22. The number of halogens is 2. The molecule has 0 bridgehead atoms. The zero-order chi connectivity index (χ0) is 26.4. The summed E-state index contributed by atoms with van der Waals surface area (Å²) in [5.41, 5.74) is 0.107. The first kappa shape index (κ1) is 26.1. The van der Waals surface area contributed by atoms with Gasteiger partial charge in [-0.15, -0.1) is 11.3 Å². The van der Waals surface area contributed by atoms with Gasteiger partial charge in [0.2, 0.25) is 10.0 Å². The molecule has 4 aromatic rings. The molecular weight excluding hydrogens is 565 g/mol. The number of sulfone groups is 1. The van der Waals surface area contributed by atoms with E-state index in [0.717, 1.165) is 15.3 Å². The minimum absolute atomic E-state index is 0.0160. The van der Waals surface area contributed by atoms with Gasteiger partial charge in [-0.2, -0.15) is 0 Å². The molecule has 196 valence electrons. The summed E-state index contributed by atoms with van der Waals surface area (Å²) in [7, 11) is -9.03. The van der Waals surface area contributed by atoms with Crippen molar-refractivity contribution in [3.05, 3.63) is 66.5 Å². The molecule has 0 saturated carbocycles. The molecule has 14 heteroatoms. The van der Waals surface area contributed by atoms with Crippen LogP contribution in [0.4, 0.5) is 8.78 Å². The summed E-state index contributed by atoms with van der Waals surface area (Å²) in [4.78, 5) is 5.06. The molecule has 37 heavy (non-hydrogen) atoms.